The second-order valence-corrected chi connectivity index (χ2v) is 7.29. The first-order valence-electron chi connectivity index (χ1n) is 8.25. The zero-order valence-electron chi connectivity index (χ0n) is 14.5. The summed E-state index contributed by atoms with van der Waals surface area (Å²) in [5.41, 5.74) is 0.605. The van der Waals surface area contributed by atoms with E-state index in [1.54, 1.807) is 12.1 Å². The van der Waals surface area contributed by atoms with Crippen LogP contribution in [0, 0.1) is 0 Å². The van der Waals surface area contributed by atoms with Gasteiger partial charge in [0.1, 0.15) is 11.4 Å². The van der Waals surface area contributed by atoms with E-state index in [4.69, 9.17) is 4.74 Å². The summed E-state index contributed by atoms with van der Waals surface area (Å²) in [6, 6.07) is 7.80. The monoisotopic (exact) mass is 320 g/mol. The molecule has 1 saturated heterocycles. The first-order chi connectivity index (χ1) is 10.7. The summed E-state index contributed by atoms with van der Waals surface area (Å²) in [7, 11) is 0. The van der Waals surface area contributed by atoms with Crippen molar-refractivity contribution >= 4 is 6.09 Å². The molecule has 2 atom stereocenters. The highest BCUT2D eigenvalue weighted by atomic mass is 16.6. The third-order valence-corrected chi connectivity index (χ3v) is 4.01. The summed E-state index contributed by atoms with van der Waals surface area (Å²) in [6.45, 7) is 9.15. The van der Waals surface area contributed by atoms with Gasteiger partial charge in [-0.3, -0.25) is 0 Å². The van der Waals surface area contributed by atoms with Gasteiger partial charge in [-0.25, -0.2) is 4.79 Å². The zero-order chi connectivity index (χ0) is 17.0. The van der Waals surface area contributed by atoms with Gasteiger partial charge in [0.2, 0.25) is 0 Å². The summed E-state index contributed by atoms with van der Waals surface area (Å²) >= 11 is 0. The number of likely N-dealkylation sites (tertiary alicyclic amines) is 1. The van der Waals surface area contributed by atoms with Crippen molar-refractivity contribution in [1.82, 2.24) is 10.2 Å². The molecule has 2 unspecified atom stereocenters. The molecule has 23 heavy (non-hydrogen) atoms. The van der Waals surface area contributed by atoms with Gasteiger partial charge in [0.25, 0.3) is 0 Å². The van der Waals surface area contributed by atoms with Crippen LogP contribution in [0.5, 0.6) is 5.75 Å². The van der Waals surface area contributed by atoms with Crippen LogP contribution in [0.25, 0.3) is 0 Å². The van der Waals surface area contributed by atoms with Crippen molar-refractivity contribution < 1.29 is 14.6 Å². The van der Waals surface area contributed by atoms with Gasteiger partial charge in [-0.1, -0.05) is 12.1 Å². The Hall–Kier alpha value is -1.75. The molecule has 1 heterocycles. The summed E-state index contributed by atoms with van der Waals surface area (Å²) in [5, 5.41) is 13.0. The molecular weight excluding hydrogens is 292 g/mol. The minimum atomic E-state index is -0.457. The Balaban J connectivity index is 1.83. The third kappa shape index (κ3) is 5.43. The second-order valence-electron chi connectivity index (χ2n) is 7.29. The maximum Gasteiger partial charge on any atom is 0.410 e. The molecule has 5 heteroatoms. The van der Waals surface area contributed by atoms with Gasteiger partial charge in [-0.15, -0.1) is 0 Å². The molecule has 2 N–H and O–H groups in total. The van der Waals surface area contributed by atoms with Gasteiger partial charge in [0.15, 0.2) is 0 Å². The van der Waals surface area contributed by atoms with Crippen LogP contribution in [-0.4, -0.2) is 40.3 Å². The molecular formula is C18H28N2O3. The van der Waals surface area contributed by atoms with Gasteiger partial charge >= 0.3 is 6.09 Å². The molecule has 5 nitrogen and oxygen atoms in total. The maximum atomic E-state index is 12.2. The average molecular weight is 320 g/mol. The molecule has 0 spiro atoms. The number of rotatable bonds is 3. The van der Waals surface area contributed by atoms with Crippen LogP contribution in [-0.2, 0) is 11.3 Å². The van der Waals surface area contributed by atoms with Gasteiger partial charge in [0, 0.05) is 25.2 Å². The Kier molecular flexibility index (Phi) is 5.52. The van der Waals surface area contributed by atoms with Gasteiger partial charge in [-0.2, -0.15) is 0 Å². The van der Waals surface area contributed by atoms with Crippen molar-refractivity contribution in [3.63, 3.8) is 0 Å². The largest absolute Gasteiger partial charge is 0.508 e. The molecule has 0 aromatic heterocycles. The second kappa shape index (κ2) is 7.21. The number of benzene rings is 1. The van der Waals surface area contributed by atoms with Gasteiger partial charge < -0.3 is 20.1 Å². The quantitative estimate of drug-likeness (QED) is 0.897. The lowest BCUT2D eigenvalue weighted by Gasteiger charge is -2.38. The van der Waals surface area contributed by atoms with Gasteiger partial charge in [0.05, 0.1) is 0 Å². The predicted octanol–water partition coefficient (Wildman–Crippen LogP) is 3.27. The van der Waals surface area contributed by atoms with E-state index in [9.17, 15) is 9.90 Å². The zero-order valence-corrected chi connectivity index (χ0v) is 14.5. The van der Waals surface area contributed by atoms with E-state index in [2.05, 4.69) is 12.2 Å². The van der Waals surface area contributed by atoms with Crippen LogP contribution in [0.15, 0.2) is 24.3 Å². The molecule has 1 aliphatic heterocycles. The average Bonchev–Trinajstić information content (AvgIpc) is 2.43. The van der Waals surface area contributed by atoms with Crippen LogP contribution in [0.3, 0.4) is 0 Å². The lowest BCUT2D eigenvalue weighted by atomic mass is 9.98. The van der Waals surface area contributed by atoms with Crippen LogP contribution >= 0.6 is 0 Å². The molecule has 0 aliphatic carbocycles. The minimum absolute atomic E-state index is 0.153. The van der Waals surface area contributed by atoms with Crippen LogP contribution in [0.2, 0.25) is 0 Å². The standard InChI is InChI=1S/C18H28N2O3/c1-13-10-15(19-12-14-6-5-7-16(21)11-14)8-9-20(13)17(22)23-18(2,3)4/h5-7,11,13,15,19,21H,8-10,12H2,1-4H3. The Morgan fingerprint density at radius 3 is 2.78 bits per heavy atom. The number of hydrogen-bond donors (Lipinski definition) is 2. The molecule has 128 valence electrons. The third-order valence-electron chi connectivity index (χ3n) is 4.01. The number of phenols is 1. The van der Waals surface area contributed by atoms with E-state index in [-0.39, 0.29) is 17.9 Å². The van der Waals surface area contributed by atoms with E-state index >= 15 is 0 Å². The fourth-order valence-electron chi connectivity index (χ4n) is 2.88. The van der Waals surface area contributed by atoms with Crippen molar-refractivity contribution in [3.8, 4) is 5.75 Å². The first-order valence-corrected chi connectivity index (χ1v) is 8.25. The Morgan fingerprint density at radius 1 is 1.43 bits per heavy atom. The fraction of sp³-hybridized carbons (Fsp3) is 0.611. The van der Waals surface area contributed by atoms with E-state index in [0.717, 1.165) is 24.9 Å². The summed E-state index contributed by atoms with van der Waals surface area (Å²) in [5.74, 6) is 0.289. The van der Waals surface area contributed by atoms with E-state index < -0.39 is 5.60 Å². The van der Waals surface area contributed by atoms with Crippen molar-refractivity contribution in [3.05, 3.63) is 29.8 Å². The number of nitrogens with one attached hydrogen (secondary N) is 1. The molecule has 0 bridgehead atoms. The number of ether oxygens (including phenoxy) is 1. The highest BCUT2D eigenvalue weighted by Crippen LogP contribution is 2.21. The lowest BCUT2D eigenvalue weighted by Crippen LogP contribution is -2.50. The molecule has 1 amide bonds. The smallest absolute Gasteiger partial charge is 0.410 e. The van der Waals surface area contributed by atoms with Crippen molar-refractivity contribution in [2.45, 2.75) is 64.8 Å². The Morgan fingerprint density at radius 2 is 2.17 bits per heavy atom. The molecule has 0 radical (unpaired) electrons. The maximum absolute atomic E-state index is 12.2. The van der Waals surface area contributed by atoms with E-state index in [1.807, 2.05) is 37.8 Å². The molecule has 1 fully saturated rings. The Bertz CT molecular complexity index is 539. The number of aromatic hydroxyl groups is 1. The molecule has 0 saturated carbocycles. The van der Waals surface area contributed by atoms with Crippen molar-refractivity contribution in [1.29, 1.82) is 0 Å². The summed E-state index contributed by atoms with van der Waals surface area (Å²) < 4.78 is 5.46. The summed E-state index contributed by atoms with van der Waals surface area (Å²) in [4.78, 5) is 14.0. The molecule has 1 aromatic rings. The summed E-state index contributed by atoms with van der Waals surface area (Å²) in [6.07, 6.45) is 1.58. The Labute approximate surface area is 138 Å². The minimum Gasteiger partial charge on any atom is -0.508 e. The van der Waals surface area contributed by atoms with Crippen molar-refractivity contribution in [2.24, 2.45) is 0 Å². The topological polar surface area (TPSA) is 61.8 Å². The predicted molar refractivity (Wildman–Crippen MR) is 90.4 cm³/mol. The number of hydrogen-bond acceptors (Lipinski definition) is 4. The highest BCUT2D eigenvalue weighted by molar-refractivity contribution is 5.68. The first kappa shape index (κ1) is 17.6. The number of phenolic OH excluding ortho intramolecular Hbond substituents is 1. The fourth-order valence-corrected chi connectivity index (χ4v) is 2.88. The lowest BCUT2D eigenvalue weighted by molar-refractivity contribution is 0.00932. The number of piperidine rings is 1. The van der Waals surface area contributed by atoms with E-state index in [1.165, 1.54) is 0 Å². The van der Waals surface area contributed by atoms with Crippen molar-refractivity contribution in [2.75, 3.05) is 6.54 Å². The number of amides is 1. The van der Waals surface area contributed by atoms with Crippen LogP contribution < -0.4 is 5.32 Å². The highest BCUT2D eigenvalue weighted by Gasteiger charge is 2.31. The van der Waals surface area contributed by atoms with Crippen LogP contribution in [0.4, 0.5) is 4.79 Å². The molecule has 1 aliphatic rings. The number of carbonyl (C=O) groups is 1. The molecule has 2 rings (SSSR count). The van der Waals surface area contributed by atoms with E-state index in [0.29, 0.717) is 12.6 Å². The SMILES string of the molecule is CC1CC(NCc2cccc(O)c2)CCN1C(=O)OC(C)(C)C. The van der Waals surface area contributed by atoms with Gasteiger partial charge in [-0.05, 0) is 58.2 Å². The molecule has 1 aromatic carbocycles. The van der Waals surface area contributed by atoms with Crippen LogP contribution in [0.1, 0.15) is 46.1 Å². The number of nitrogens with zero attached hydrogens (tertiary/aromatic N) is 1. The normalized spacial score (nSPS) is 22.0. The number of carbonyl (C=O) groups excluding carboxylic acids is 1.